The van der Waals surface area contributed by atoms with Gasteiger partial charge in [-0.3, -0.25) is 0 Å². The Morgan fingerprint density at radius 2 is 1.85 bits per heavy atom. The van der Waals surface area contributed by atoms with Crippen molar-refractivity contribution in [3.05, 3.63) is 84.3 Å². The van der Waals surface area contributed by atoms with Crippen molar-refractivity contribution in [2.45, 2.75) is 6.42 Å². The number of pyridine rings is 2. The first-order valence-corrected chi connectivity index (χ1v) is 8.21. The minimum absolute atomic E-state index is 0.424. The molecule has 0 amide bonds. The molecule has 0 bridgehead atoms. The molecule has 0 spiro atoms. The van der Waals surface area contributed by atoms with Gasteiger partial charge in [-0.15, -0.1) is 0 Å². The fourth-order valence-corrected chi connectivity index (χ4v) is 2.63. The average Bonchev–Trinajstić information content (AvgIpc) is 3.13. The fraction of sp³-hybridized carbons (Fsp3) is 0.0500. The first kappa shape index (κ1) is 15.8. The van der Waals surface area contributed by atoms with E-state index in [1.54, 1.807) is 6.20 Å². The van der Waals surface area contributed by atoms with E-state index in [1.165, 1.54) is 0 Å². The molecule has 0 unspecified atom stereocenters. The minimum atomic E-state index is 0.424. The monoisotopic (exact) mass is 343 g/mol. The molecule has 0 saturated heterocycles. The summed E-state index contributed by atoms with van der Waals surface area (Å²) < 4.78 is 5.40. The highest BCUT2D eigenvalue weighted by atomic mass is 16.5. The second-order valence-electron chi connectivity index (χ2n) is 5.84. The Bertz CT molecular complexity index is 996. The van der Waals surface area contributed by atoms with Crippen LogP contribution < -0.4 is 11.1 Å². The van der Waals surface area contributed by atoms with Gasteiger partial charge in [0, 0.05) is 30.6 Å². The predicted octanol–water partition coefficient (Wildman–Crippen LogP) is 4.05. The minimum Gasteiger partial charge on any atom is -0.383 e. The molecular weight excluding hydrogens is 326 g/mol. The number of nitrogen functional groups attached to an aromatic ring is 1. The van der Waals surface area contributed by atoms with Gasteiger partial charge >= 0.3 is 0 Å². The highest BCUT2D eigenvalue weighted by molar-refractivity contribution is 5.69. The van der Waals surface area contributed by atoms with Crippen LogP contribution in [0.2, 0.25) is 0 Å². The Labute approximate surface area is 150 Å². The summed E-state index contributed by atoms with van der Waals surface area (Å²) in [6.07, 6.45) is 4.10. The first-order chi connectivity index (χ1) is 12.8. The van der Waals surface area contributed by atoms with Crippen molar-refractivity contribution < 1.29 is 4.52 Å². The smallest absolute Gasteiger partial charge is 0.170 e. The van der Waals surface area contributed by atoms with Crippen LogP contribution in [0.25, 0.3) is 11.3 Å². The van der Waals surface area contributed by atoms with Gasteiger partial charge in [0.15, 0.2) is 5.76 Å². The molecule has 0 atom stereocenters. The second kappa shape index (κ2) is 7.06. The highest BCUT2D eigenvalue weighted by Gasteiger charge is 2.10. The Morgan fingerprint density at radius 1 is 0.962 bits per heavy atom. The van der Waals surface area contributed by atoms with E-state index in [9.17, 15) is 0 Å². The van der Waals surface area contributed by atoms with Crippen molar-refractivity contribution in [3.63, 3.8) is 0 Å². The van der Waals surface area contributed by atoms with Crippen LogP contribution in [0.3, 0.4) is 0 Å². The van der Waals surface area contributed by atoms with E-state index >= 15 is 0 Å². The van der Waals surface area contributed by atoms with E-state index in [0.29, 0.717) is 18.0 Å². The summed E-state index contributed by atoms with van der Waals surface area (Å²) in [5.41, 5.74) is 9.48. The van der Waals surface area contributed by atoms with Gasteiger partial charge in [0.25, 0.3) is 0 Å². The summed E-state index contributed by atoms with van der Waals surface area (Å²) in [7, 11) is 0. The molecular formula is C20H17N5O. The third kappa shape index (κ3) is 3.54. The lowest BCUT2D eigenvalue weighted by Crippen LogP contribution is -1.95. The van der Waals surface area contributed by atoms with Crippen LogP contribution in [-0.4, -0.2) is 15.1 Å². The Hall–Kier alpha value is -3.67. The van der Waals surface area contributed by atoms with Crippen molar-refractivity contribution in [1.29, 1.82) is 0 Å². The maximum absolute atomic E-state index is 5.88. The topological polar surface area (TPSA) is 89.9 Å². The molecule has 3 aromatic heterocycles. The van der Waals surface area contributed by atoms with Crippen molar-refractivity contribution in [2.75, 3.05) is 11.1 Å². The third-order valence-electron chi connectivity index (χ3n) is 3.92. The summed E-state index contributed by atoms with van der Waals surface area (Å²) in [6, 6.07) is 19.5. The zero-order valence-corrected chi connectivity index (χ0v) is 14.0. The first-order valence-electron chi connectivity index (χ1n) is 8.21. The molecule has 6 heteroatoms. The van der Waals surface area contributed by atoms with Gasteiger partial charge in [-0.25, -0.2) is 9.97 Å². The molecule has 0 aliphatic heterocycles. The zero-order chi connectivity index (χ0) is 17.8. The van der Waals surface area contributed by atoms with Gasteiger partial charge in [0.05, 0.1) is 11.3 Å². The van der Waals surface area contributed by atoms with Crippen LogP contribution in [0.4, 0.5) is 17.3 Å². The van der Waals surface area contributed by atoms with E-state index < -0.39 is 0 Å². The molecule has 0 fully saturated rings. The van der Waals surface area contributed by atoms with Crippen LogP contribution in [-0.2, 0) is 6.42 Å². The molecule has 3 heterocycles. The number of nitrogens with one attached hydrogen (secondary N) is 1. The predicted molar refractivity (Wildman–Crippen MR) is 101 cm³/mol. The van der Waals surface area contributed by atoms with Crippen molar-refractivity contribution in [2.24, 2.45) is 0 Å². The van der Waals surface area contributed by atoms with E-state index in [2.05, 4.69) is 20.4 Å². The molecule has 128 valence electrons. The number of rotatable bonds is 5. The molecule has 4 aromatic rings. The van der Waals surface area contributed by atoms with E-state index in [1.807, 2.05) is 66.9 Å². The SMILES string of the molecule is Nc1ncccc1-c1cc(Cc2ccc(Nc3ccccc3)nc2)no1. The Kier molecular flexibility index (Phi) is 4.30. The Morgan fingerprint density at radius 3 is 2.62 bits per heavy atom. The summed E-state index contributed by atoms with van der Waals surface area (Å²) in [5, 5.41) is 7.38. The molecule has 0 aliphatic rings. The number of nitrogens with zero attached hydrogens (tertiary/aromatic N) is 3. The van der Waals surface area contributed by atoms with Crippen molar-refractivity contribution in [1.82, 2.24) is 15.1 Å². The van der Waals surface area contributed by atoms with E-state index in [-0.39, 0.29) is 0 Å². The number of nitrogens with two attached hydrogens (primary N) is 1. The Balaban J connectivity index is 1.46. The van der Waals surface area contributed by atoms with Crippen LogP contribution in [0.5, 0.6) is 0 Å². The lowest BCUT2D eigenvalue weighted by Gasteiger charge is -2.05. The quantitative estimate of drug-likeness (QED) is 0.568. The average molecular weight is 343 g/mol. The highest BCUT2D eigenvalue weighted by Crippen LogP contribution is 2.25. The zero-order valence-electron chi connectivity index (χ0n) is 14.0. The van der Waals surface area contributed by atoms with Gasteiger partial charge < -0.3 is 15.6 Å². The normalized spacial score (nSPS) is 10.6. The summed E-state index contributed by atoms with van der Waals surface area (Å²) >= 11 is 0. The van der Waals surface area contributed by atoms with E-state index in [4.69, 9.17) is 10.3 Å². The van der Waals surface area contributed by atoms with Crippen LogP contribution in [0.15, 0.2) is 77.6 Å². The standard InChI is InChI=1S/C20H17N5O/c21-20-17(7-4-10-22-20)18-12-16(25-26-18)11-14-8-9-19(23-13-14)24-15-5-2-1-3-6-15/h1-10,12-13H,11H2,(H2,21,22)(H,23,24). The fourth-order valence-electron chi connectivity index (χ4n) is 2.63. The summed E-state index contributed by atoms with van der Waals surface area (Å²) in [5.74, 6) is 1.83. The number of para-hydroxylation sites is 1. The molecule has 1 aromatic carbocycles. The van der Waals surface area contributed by atoms with E-state index in [0.717, 1.165) is 28.3 Å². The molecule has 0 aliphatic carbocycles. The molecule has 0 saturated carbocycles. The molecule has 3 N–H and O–H groups in total. The number of aromatic nitrogens is 3. The lowest BCUT2D eigenvalue weighted by atomic mass is 10.1. The maximum atomic E-state index is 5.88. The largest absolute Gasteiger partial charge is 0.383 e. The van der Waals surface area contributed by atoms with Crippen LogP contribution >= 0.6 is 0 Å². The van der Waals surface area contributed by atoms with Gasteiger partial charge in [-0.05, 0) is 35.9 Å². The third-order valence-corrected chi connectivity index (χ3v) is 3.92. The molecule has 6 nitrogen and oxygen atoms in total. The van der Waals surface area contributed by atoms with Gasteiger partial charge in [0.1, 0.15) is 11.6 Å². The summed E-state index contributed by atoms with van der Waals surface area (Å²) in [6.45, 7) is 0. The number of benzene rings is 1. The molecule has 4 rings (SSSR count). The number of anilines is 3. The molecule has 0 radical (unpaired) electrons. The van der Waals surface area contributed by atoms with Gasteiger partial charge in [0.2, 0.25) is 0 Å². The maximum Gasteiger partial charge on any atom is 0.170 e. The number of hydrogen-bond acceptors (Lipinski definition) is 6. The van der Waals surface area contributed by atoms with Crippen molar-refractivity contribution in [3.8, 4) is 11.3 Å². The van der Waals surface area contributed by atoms with Crippen LogP contribution in [0, 0.1) is 0 Å². The lowest BCUT2D eigenvalue weighted by molar-refractivity contribution is 0.425. The summed E-state index contributed by atoms with van der Waals surface area (Å²) in [4.78, 5) is 8.52. The second-order valence-corrected chi connectivity index (χ2v) is 5.84. The van der Waals surface area contributed by atoms with Crippen LogP contribution in [0.1, 0.15) is 11.3 Å². The number of hydrogen-bond donors (Lipinski definition) is 2. The van der Waals surface area contributed by atoms with Gasteiger partial charge in [-0.1, -0.05) is 29.4 Å². The molecule has 26 heavy (non-hydrogen) atoms. The van der Waals surface area contributed by atoms with Crippen molar-refractivity contribution >= 4 is 17.3 Å². The van der Waals surface area contributed by atoms with Gasteiger partial charge in [-0.2, -0.15) is 0 Å².